The molecule has 0 N–H and O–H groups in total. The van der Waals surface area contributed by atoms with Gasteiger partial charge in [0.15, 0.2) is 6.10 Å². The fourth-order valence-electron chi connectivity index (χ4n) is 2.10. The van der Waals surface area contributed by atoms with Crippen molar-refractivity contribution in [2.75, 3.05) is 32.6 Å². The van der Waals surface area contributed by atoms with Gasteiger partial charge in [-0.05, 0) is 18.6 Å². The van der Waals surface area contributed by atoms with Crippen molar-refractivity contribution >= 4 is 23.6 Å². The fourth-order valence-corrected chi connectivity index (χ4v) is 3.03. The molecule has 5 nitrogen and oxygen atoms in total. The lowest BCUT2D eigenvalue weighted by molar-refractivity contribution is -0.161. The van der Waals surface area contributed by atoms with Crippen molar-refractivity contribution in [2.45, 2.75) is 17.9 Å². The van der Waals surface area contributed by atoms with Gasteiger partial charge in [0.05, 0.1) is 26.0 Å². The van der Waals surface area contributed by atoms with Crippen LogP contribution in [-0.4, -0.2) is 55.4 Å². The molecule has 1 saturated heterocycles. The van der Waals surface area contributed by atoms with Gasteiger partial charge in [0, 0.05) is 11.4 Å². The van der Waals surface area contributed by atoms with Crippen LogP contribution in [0, 0.1) is 6.92 Å². The first-order valence-electron chi connectivity index (χ1n) is 6.77. The van der Waals surface area contributed by atoms with Crippen LogP contribution in [0.1, 0.15) is 5.56 Å². The van der Waals surface area contributed by atoms with Gasteiger partial charge >= 0.3 is 5.97 Å². The second-order valence-corrected chi connectivity index (χ2v) is 5.79. The first-order valence-corrected chi connectivity index (χ1v) is 7.76. The maximum atomic E-state index is 12.2. The van der Waals surface area contributed by atoms with Gasteiger partial charge in [-0.3, -0.25) is 4.79 Å². The molecule has 1 aliphatic rings. The van der Waals surface area contributed by atoms with Crippen molar-refractivity contribution in [1.82, 2.24) is 4.90 Å². The number of benzene rings is 1. The average Bonchev–Trinajstić information content (AvgIpc) is 2.53. The number of hydrogen-bond acceptors (Lipinski definition) is 5. The summed E-state index contributed by atoms with van der Waals surface area (Å²) >= 11 is 1.52. The molecule has 0 aliphatic carbocycles. The van der Waals surface area contributed by atoms with Gasteiger partial charge in [-0.25, -0.2) is 4.79 Å². The van der Waals surface area contributed by atoms with E-state index in [4.69, 9.17) is 4.74 Å². The molecule has 0 spiro atoms. The normalized spacial score (nSPS) is 18.4. The zero-order valence-corrected chi connectivity index (χ0v) is 13.0. The van der Waals surface area contributed by atoms with Gasteiger partial charge in [-0.15, -0.1) is 11.8 Å². The largest absolute Gasteiger partial charge is 0.467 e. The summed E-state index contributed by atoms with van der Waals surface area (Å²) in [5.74, 6) is -0.0573. The van der Waals surface area contributed by atoms with Crippen LogP contribution >= 0.6 is 11.8 Å². The lowest BCUT2D eigenvalue weighted by Gasteiger charge is -2.31. The molecule has 0 radical (unpaired) electrons. The summed E-state index contributed by atoms with van der Waals surface area (Å²) in [4.78, 5) is 26.5. The van der Waals surface area contributed by atoms with Crippen LogP contribution in [0.25, 0.3) is 0 Å². The van der Waals surface area contributed by atoms with Crippen LogP contribution in [0.3, 0.4) is 0 Å². The molecule has 0 bridgehead atoms. The minimum atomic E-state index is -0.670. The third-order valence-corrected chi connectivity index (χ3v) is 4.49. The Morgan fingerprint density at radius 2 is 2.19 bits per heavy atom. The number of thioether (sulfide) groups is 1. The van der Waals surface area contributed by atoms with Gasteiger partial charge < -0.3 is 14.4 Å². The van der Waals surface area contributed by atoms with E-state index < -0.39 is 12.1 Å². The minimum absolute atomic E-state index is 0.0143. The molecule has 1 amide bonds. The second kappa shape index (κ2) is 7.47. The Hall–Kier alpha value is -1.53. The van der Waals surface area contributed by atoms with Gasteiger partial charge in [-0.1, -0.05) is 18.2 Å². The third kappa shape index (κ3) is 4.22. The molecule has 1 aliphatic heterocycles. The summed E-state index contributed by atoms with van der Waals surface area (Å²) in [6.07, 6.45) is -0.670. The van der Waals surface area contributed by atoms with Crippen molar-refractivity contribution in [3.63, 3.8) is 0 Å². The molecule has 0 saturated carbocycles. The predicted octanol–water partition coefficient (Wildman–Crippen LogP) is 1.49. The molecule has 0 aromatic heterocycles. The van der Waals surface area contributed by atoms with E-state index in [-0.39, 0.29) is 12.5 Å². The maximum Gasteiger partial charge on any atom is 0.336 e. The van der Waals surface area contributed by atoms with E-state index >= 15 is 0 Å². The quantitative estimate of drug-likeness (QED) is 0.623. The summed E-state index contributed by atoms with van der Waals surface area (Å²) in [5, 5.41) is 0. The lowest BCUT2D eigenvalue weighted by Crippen LogP contribution is -2.49. The van der Waals surface area contributed by atoms with E-state index in [9.17, 15) is 9.59 Å². The number of nitrogens with zero attached hydrogens (tertiary/aromatic N) is 1. The Balaban J connectivity index is 1.88. The van der Waals surface area contributed by atoms with E-state index in [0.29, 0.717) is 18.9 Å². The van der Waals surface area contributed by atoms with Crippen LogP contribution < -0.4 is 0 Å². The zero-order valence-electron chi connectivity index (χ0n) is 12.2. The van der Waals surface area contributed by atoms with Gasteiger partial charge in [0.1, 0.15) is 0 Å². The molecule has 6 heteroatoms. The summed E-state index contributed by atoms with van der Waals surface area (Å²) in [6, 6.07) is 7.96. The highest BCUT2D eigenvalue weighted by atomic mass is 32.2. The number of aryl methyl sites for hydroxylation is 1. The number of carbonyl (C=O) groups excluding carboxylic acids is 2. The average molecular weight is 309 g/mol. The number of rotatable bonds is 4. The van der Waals surface area contributed by atoms with E-state index in [1.165, 1.54) is 18.9 Å². The van der Waals surface area contributed by atoms with E-state index in [0.717, 1.165) is 10.5 Å². The highest BCUT2D eigenvalue weighted by Gasteiger charge is 2.29. The van der Waals surface area contributed by atoms with Gasteiger partial charge in [0.2, 0.25) is 5.91 Å². The van der Waals surface area contributed by atoms with Crippen molar-refractivity contribution < 1.29 is 19.1 Å². The van der Waals surface area contributed by atoms with Crippen LogP contribution in [0.15, 0.2) is 29.2 Å². The van der Waals surface area contributed by atoms with Crippen LogP contribution in [0.4, 0.5) is 0 Å². The predicted molar refractivity (Wildman–Crippen MR) is 80.2 cm³/mol. The number of amides is 1. The van der Waals surface area contributed by atoms with Crippen molar-refractivity contribution in [3.05, 3.63) is 29.8 Å². The van der Waals surface area contributed by atoms with Crippen molar-refractivity contribution in [2.24, 2.45) is 0 Å². The molecular formula is C15H19NO4S. The topological polar surface area (TPSA) is 55.8 Å². The highest BCUT2D eigenvalue weighted by Crippen LogP contribution is 2.22. The van der Waals surface area contributed by atoms with Crippen LogP contribution in [0.2, 0.25) is 0 Å². The maximum absolute atomic E-state index is 12.2. The number of hydrogen-bond donors (Lipinski definition) is 0. The molecule has 1 aromatic rings. The van der Waals surface area contributed by atoms with Gasteiger partial charge in [0.25, 0.3) is 0 Å². The lowest BCUT2D eigenvalue weighted by atomic mass is 10.2. The highest BCUT2D eigenvalue weighted by molar-refractivity contribution is 8.00. The van der Waals surface area contributed by atoms with E-state index in [2.05, 4.69) is 4.74 Å². The number of ether oxygens (including phenoxy) is 2. The zero-order chi connectivity index (χ0) is 15.2. The minimum Gasteiger partial charge on any atom is -0.467 e. The third-order valence-electron chi connectivity index (χ3n) is 3.33. The fraction of sp³-hybridized carbons (Fsp3) is 0.467. The molecule has 1 unspecified atom stereocenters. The number of morpholine rings is 1. The number of esters is 1. The molecular weight excluding hydrogens is 290 g/mol. The molecule has 21 heavy (non-hydrogen) atoms. The Bertz CT molecular complexity index is 520. The van der Waals surface area contributed by atoms with Crippen LogP contribution in [0.5, 0.6) is 0 Å². The molecule has 1 atom stereocenters. The SMILES string of the molecule is COC(=O)C1CN(C(=O)CSc2ccccc2C)CCO1. The molecule has 2 rings (SSSR count). The summed E-state index contributed by atoms with van der Waals surface area (Å²) in [5.41, 5.74) is 1.16. The summed E-state index contributed by atoms with van der Waals surface area (Å²) in [7, 11) is 1.32. The van der Waals surface area contributed by atoms with E-state index in [1.807, 2.05) is 31.2 Å². The standard InChI is InChI=1S/C15H19NO4S/c1-11-5-3-4-6-13(11)21-10-14(17)16-7-8-20-12(9-16)15(18)19-2/h3-6,12H,7-10H2,1-2H3. The monoisotopic (exact) mass is 309 g/mol. The smallest absolute Gasteiger partial charge is 0.336 e. The van der Waals surface area contributed by atoms with E-state index in [1.54, 1.807) is 4.90 Å². The summed E-state index contributed by atoms with van der Waals surface area (Å²) < 4.78 is 9.97. The van der Waals surface area contributed by atoms with Crippen molar-refractivity contribution in [1.29, 1.82) is 0 Å². The molecule has 1 fully saturated rings. The first kappa shape index (κ1) is 15.9. The van der Waals surface area contributed by atoms with Crippen molar-refractivity contribution in [3.8, 4) is 0 Å². The first-order chi connectivity index (χ1) is 10.1. The Morgan fingerprint density at radius 3 is 2.90 bits per heavy atom. The Morgan fingerprint density at radius 1 is 1.43 bits per heavy atom. The molecule has 114 valence electrons. The molecule has 1 aromatic carbocycles. The Labute approximate surface area is 128 Å². The summed E-state index contributed by atoms with van der Waals surface area (Å²) in [6.45, 7) is 3.16. The number of carbonyl (C=O) groups is 2. The van der Waals surface area contributed by atoms with Crippen LogP contribution in [-0.2, 0) is 19.1 Å². The second-order valence-electron chi connectivity index (χ2n) is 4.78. The number of methoxy groups -OCH3 is 1. The molecule has 1 heterocycles. The van der Waals surface area contributed by atoms with Gasteiger partial charge in [-0.2, -0.15) is 0 Å². The Kier molecular flexibility index (Phi) is 5.64.